The molecule has 0 aliphatic heterocycles. The molecule has 0 fully saturated rings. The summed E-state index contributed by atoms with van der Waals surface area (Å²) in [6.45, 7) is 7.27. The summed E-state index contributed by atoms with van der Waals surface area (Å²) in [6, 6.07) is 1.74. The molecular formula is C16H20N2O4. The second-order valence-corrected chi connectivity index (χ2v) is 5.54. The van der Waals surface area contributed by atoms with E-state index in [-0.39, 0.29) is 12.2 Å². The maximum Gasteiger partial charge on any atom is 0.408 e. The van der Waals surface area contributed by atoms with E-state index >= 15 is 0 Å². The van der Waals surface area contributed by atoms with E-state index in [0.29, 0.717) is 11.1 Å². The number of alkyl carbamates (subject to hydrolysis) is 1. The zero-order valence-corrected chi connectivity index (χ0v) is 13.4. The normalized spacial score (nSPS) is 10.2. The quantitative estimate of drug-likeness (QED) is 0.668. The first kappa shape index (κ1) is 17.5. The van der Waals surface area contributed by atoms with Crippen molar-refractivity contribution in [2.24, 2.45) is 0 Å². The Morgan fingerprint density at radius 1 is 1.36 bits per heavy atom. The summed E-state index contributed by atoms with van der Waals surface area (Å²) in [5.41, 5.74) is 1.05. The van der Waals surface area contributed by atoms with E-state index in [0.717, 1.165) is 0 Å². The second kappa shape index (κ2) is 7.46. The first-order valence-electron chi connectivity index (χ1n) is 6.73. The lowest BCUT2D eigenvalue weighted by Crippen LogP contribution is -2.32. The predicted molar refractivity (Wildman–Crippen MR) is 81.4 cm³/mol. The zero-order valence-electron chi connectivity index (χ0n) is 13.4. The van der Waals surface area contributed by atoms with Crippen LogP contribution < -0.4 is 5.32 Å². The number of pyridine rings is 1. The number of methoxy groups -OCH3 is 1. The number of nitrogens with one attached hydrogen (secondary N) is 1. The Morgan fingerprint density at radius 3 is 2.59 bits per heavy atom. The highest BCUT2D eigenvalue weighted by atomic mass is 16.6. The Kier molecular flexibility index (Phi) is 5.93. The minimum atomic E-state index is -0.539. The third kappa shape index (κ3) is 5.83. The van der Waals surface area contributed by atoms with Crippen LogP contribution in [0.2, 0.25) is 0 Å². The van der Waals surface area contributed by atoms with Gasteiger partial charge in [0.1, 0.15) is 5.60 Å². The van der Waals surface area contributed by atoms with Crippen molar-refractivity contribution in [3.63, 3.8) is 0 Å². The van der Waals surface area contributed by atoms with Gasteiger partial charge in [-0.05, 0) is 39.3 Å². The molecule has 118 valence electrons. The Hall–Kier alpha value is -2.55. The van der Waals surface area contributed by atoms with Gasteiger partial charge in [-0.2, -0.15) is 0 Å². The number of rotatable bonds is 2. The van der Waals surface area contributed by atoms with Gasteiger partial charge in [0.15, 0.2) is 5.69 Å². The molecule has 0 unspecified atom stereocenters. The molecule has 1 aromatic rings. The van der Waals surface area contributed by atoms with Crippen molar-refractivity contribution in [3.05, 3.63) is 29.1 Å². The summed E-state index contributed by atoms with van der Waals surface area (Å²) in [4.78, 5) is 26.8. The van der Waals surface area contributed by atoms with Crippen LogP contribution in [0.1, 0.15) is 42.4 Å². The lowest BCUT2D eigenvalue weighted by Gasteiger charge is -2.18. The lowest BCUT2D eigenvalue weighted by atomic mass is 10.1. The first-order chi connectivity index (χ1) is 10.2. The Labute approximate surface area is 130 Å². The van der Waals surface area contributed by atoms with Crippen molar-refractivity contribution in [2.75, 3.05) is 13.7 Å². The number of hydrogen-bond acceptors (Lipinski definition) is 5. The van der Waals surface area contributed by atoms with Crippen LogP contribution in [0.25, 0.3) is 0 Å². The van der Waals surface area contributed by atoms with Gasteiger partial charge in [-0.1, -0.05) is 11.8 Å². The average Bonchev–Trinajstić information content (AvgIpc) is 2.41. The number of amides is 1. The number of aromatic nitrogens is 1. The summed E-state index contributed by atoms with van der Waals surface area (Å²) < 4.78 is 9.70. The number of ether oxygens (including phenoxy) is 2. The minimum absolute atomic E-state index is 0.159. The molecule has 0 atom stereocenters. The molecule has 1 rings (SSSR count). The summed E-state index contributed by atoms with van der Waals surface area (Å²) in [6.07, 6.45) is 0.969. The Balaban J connectivity index is 2.61. The van der Waals surface area contributed by atoms with Crippen molar-refractivity contribution in [1.29, 1.82) is 0 Å². The largest absolute Gasteiger partial charge is 0.464 e. The van der Waals surface area contributed by atoms with Crippen LogP contribution >= 0.6 is 0 Å². The molecule has 0 bridgehead atoms. The van der Waals surface area contributed by atoms with E-state index in [4.69, 9.17) is 4.74 Å². The van der Waals surface area contributed by atoms with E-state index in [2.05, 4.69) is 26.9 Å². The SMILES string of the molecule is COC(=O)c1ncc(C#CCNC(=O)OC(C)(C)C)cc1C. The Morgan fingerprint density at radius 2 is 2.05 bits per heavy atom. The fourth-order valence-electron chi connectivity index (χ4n) is 1.53. The highest BCUT2D eigenvalue weighted by molar-refractivity contribution is 5.88. The number of carbonyl (C=O) groups is 2. The molecule has 0 spiro atoms. The lowest BCUT2D eigenvalue weighted by molar-refractivity contribution is 0.0533. The maximum atomic E-state index is 11.4. The molecule has 0 radical (unpaired) electrons. The topological polar surface area (TPSA) is 77.5 Å². The zero-order chi connectivity index (χ0) is 16.8. The van der Waals surface area contributed by atoms with Gasteiger partial charge in [0.25, 0.3) is 0 Å². The van der Waals surface area contributed by atoms with Crippen LogP contribution in [-0.2, 0) is 9.47 Å². The van der Waals surface area contributed by atoms with E-state index < -0.39 is 17.7 Å². The van der Waals surface area contributed by atoms with E-state index in [1.807, 2.05) is 0 Å². The van der Waals surface area contributed by atoms with E-state index in [9.17, 15) is 9.59 Å². The van der Waals surface area contributed by atoms with Gasteiger partial charge < -0.3 is 14.8 Å². The molecule has 1 heterocycles. The monoisotopic (exact) mass is 304 g/mol. The summed E-state index contributed by atoms with van der Waals surface area (Å²) in [5, 5.41) is 2.53. The number of nitrogens with zero attached hydrogens (tertiary/aromatic N) is 1. The highest BCUT2D eigenvalue weighted by Gasteiger charge is 2.15. The molecule has 0 aromatic carbocycles. The van der Waals surface area contributed by atoms with Gasteiger partial charge in [0.05, 0.1) is 13.7 Å². The van der Waals surface area contributed by atoms with Crippen molar-refractivity contribution in [1.82, 2.24) is 10.3 Å². The van der Waals surface area contributed by atoms with Crippen molar-refractivity contribution in [3.8, 4) is 11.8 Å². The molecule has 6 nitrogen and oxygen atoms in total. The van der Waals surface area contributed by atoms with E-state index in [1.165, 1.54) is 13.3 Å². The molecule has 22 heavy (non-hydrogen) atoms. The molecule has 1 N–H and O–H groups in total. The van der Waals surface area contributed by atoms with Crippen LogP contribution in [0, 0.1) is 18.8 Å². The molecular weight excluding hydrogens is 284 g/mol. The molecule has 6 heteroatoms. The standard InChI is InChI=1S/C16H20N2O4/c1-11-9-12(10-18-13(11)14(19)21-5)7-6-8-17-15(20)22-16(2,3)4/h9-10H,8H2,1-5H3,(H,17,20). The van der Waals surface area contributed by atoms with Crippen LogP contribution in [0.4, 0.5) is 4.79 Å². The van der Waals surface area contributed by atoms with Crippen LogP contribution in [0.15, 0.2) is 12.3 Å². The van der Waals surface area contributed by atoms with Gasteiger partial charge in [0, 0.05) is 11.8 Å². The third-order valence-electron chi connectivity index (χ3n) is 2.41. The number of esters is 1. The summed E-state index contributed by atoms with van der Waals surface area (Å²) in [7, 11) is 1.31. The first-order valence-corrected chi connectivity index (χ1v) is 6.73. The summed E-state index contributed by atoms with van der Waals surface area (Å²) >= 11 is 0. The third-order valence-corrected chi connectivity index (χ3v) is 2.41. The fraction of sp³-hybridized carbons (Fsp3) is 0.438. The number of hydrogen-bond donors (Lipinski definition) is 1. The fourth-order valence-corrected chi connectivity index (χ4v) is 1.53. The molecule has 1 amide bonds. The highest BCUT2D eigenvalue weighted by Crippen LogP contribution is 2.08. The Bertz CT molecular complexity index is 621. The van der Waals surface area contributed by atoms with E-state index in [1.54, 1.807) is 33.8 Å². The minimum Gasteiger partial charge on any atom is -0.464 e. The summed E-state index contributed by atoms with van der Waals surface area (Å²) in [5.74, 6) is 5.16. The number of carbonyl (C=O) groups excluding carboxylic acids is 2. The second-order valence-electron chi connectivity index (χ2n) is 5.54. The number of aryl methyl sites for hydroxylation is 1. The van der Waals surface area contributed by atoms with Crippen molar-refractivity contribution in [2.45, 2.75) is 33.3 Å². The van der Waals surface area contributed by atoms with Gasteiger partial charge >= 0.3 is 12.1 Å². The van der Waals surface area contributed by atoms with Crippen molar-refractivity contribution < 1.29 is 19.1 Å². The molecule has 1 aromatic heterocycles. The van der Waals surface area contributed by atoms with Gasteiger partial charge in [-0.25, -0.2) is 14.6 Å². The molecule has 0 aliphatic carbocycles. The van der Waals surface area contributed by atoms with Crippen LogP contribution in [0.5, 0.6) is 0 Å². The maximum absolute atomic E-state index is 11.4. The smallest absolute Gasteiger partial charge is 0.408 e. The molecule has 0 saturated heterocycles. The molecule has 0 saturated carbocycles. The van der Waals surface area contributed by atoms with Gasteiger partial charge in [0.2, 0.25) is 0 Å². The van der Waals surface area contributed by atoms with Crippen LogP contribution in [0.3, 0.4) is 0 Å². The van der Waals surface area contributed by atoms with Crippen molar-refractivity contribution >= 4 is 12.1 Å². The predicted octanol–water partition coefficient (Wildman–Crippen LogP) is 2.05. The van der Waals surface area contributed by atoms with Gasteiger partial charge in [-0.15, -0.1) is 0 Å². The van der Waals surface area contributed by atoms with Gasteiger partial charge in [-0.3, -0.25) is 0 Å². The average molecular weight is 304 g/mol. The van der Waals surface area contributed by atoms with Crippen LogP contribution in [-0.4, -0.2) is 36.3 Å². The molecule has 0 aliphatic rings.